The number of para-hydroxylation sites is 1. The minimum atomic E-state index is -1.08. The van der Waals surface area contributed by atoms with E-state index in [4.69, 9.17) is 21.1 Å². The summed E-state index contributed by atoms with van der Waals surface area (Å²) in [6.45, 7) is 1.57. The zero-order valence-corrected chi connectivity index (χ0v) is 20.1. The Labute approximate surface area is 211 Å². The number of rotatable bonds is 8. The van der Waals surface area contributed by atoms with E-state index in [1.165, 1.54) is 31.5 Å². The van der Waals surface area contributed by atoms with Crippen LogP contribution in [0.2, 0.25) is 5.02 Å². The van der Waals surface area contributed by atoms with Crippen molar-refractivity contribution < 1.29 is 28.2 Å². The summed E-state index contributed by atoms with van der Waals surface area (Å²) in [4.78, 5) is 36.1. The van der Waals surface area contributed by atoms with Gasteiger partial charge in [0.15, 0.2) is 18.1 Å². The smallest absolute Gasteiger partial charge is 0.329 e. The van der Waals surface area contributed by atoms with Gasteiger partial charge in [0, 0.05) is 10.7 Å². The van der Waals surface area contributed by atoms with E-state index in [0.29, 0.717) is 27.8 Å². The lowest BCUT2D eigenvalue weighted by atomic mass is 10.2. The van der Waals surface area contributed by atoms with Gasteiger partial charge in [-0.15, -0.1) is 0 Å². The molecule has 0 aromatic heterocycles. The highest BCUT2D eigenvalue weighted by Crippen LogP contribution is 2.28. The molecular weight excluding hydrogens is 491 g/mol. The number of anilines is 2. The van der Waals surface area contributed by atoms with Crippen LogP contribution in [0.25, 0.3) is 0 Å². The van der Waals surface area contributed by atoms with Gasteiger partial charge in [0.2, 0.25) is 0 Å². The molecule has 3 aromatic carbocycles. The lowest BCUT2D eigenvalue weighted by Gasteiger charge is -2.12. The van der Waals surface area contributed by atoms with Crippen molar-refractivity contribution in [2.75, 3.05) is 24.4 Å². The molecule has 0 saturated carbocycles. The molecule has 0 fully saturated rings. The monoisotopic (exact) mass is 512 g/mol. The summed E-state index contributed by atoms with van der Waals surface area (Å²) >= 11 is 5.97. The third-order valence-electron chi connectivity index (χ3n) is 4.73. The van der Waals surface area contributed by atoms with Crippen molar-refractivity contribution in [2.45, 2.75) is 6.92 Å². The van der Waals surface area contributed by atoms with Crippen molar-refractivity contribution in [3.63, 3.8) is 0 Å². The predicted molar refractivity (Wildman–Crippen MR) is 134 cm³/mol. The quantitative estimate of drug-likeness (QED) is 0.240. The molecule has 0 unspecified atom stereocenters. The van der Waals surface area contributed by atoms with Gasteiger partial charge in [-0.05, 0) is 60.5 Å². The number of halogens is 2. The standard InChI is InChI=1S/C25H22ClFN4O5/c1-15-7-9-17(26)12-20(15)29-23(32)14-36-21-10-8-16(11-22(21)35-2)13-28-31-25(34)24(33)30-19-6-4-3-5-18(19)27/h3-13H,14H2,1-2H3,(H,29,32)(H,30,33)(H,31,34)/b28-13-. The minimum Gasteiger partial charge on any atom is -0.493 e. The molecule has 0 heterocycles. The lowest BCUT2D eigenvalue weighted by molar-refractivity contribution is -0.136. The second-order valence-corrected chi connectivity index (χ2v) is 7.78. The van der Waals surface area contributed by atoms with E-state index < -0.39 is 17.6 Å². The Kier molecular flexibility index (Phi) is 8.95. The number of benzene rings is 3. The number of hydrogen-bond acceptors (Lipinski definition) is 6. The highest BCUT2D eigenvalue weighted by Gasteiger charge is 2.15. The number of aryl methyl sites for hydroxylation is 1. The Morgan fingerprint density at radius 3 is 2.50 bits per heavy atom. The second-order valence-electron chi connectivity index (χ2n) is 7.34. The van der Waals surface area contributed by atoms with Crippen molar-refractivity contribution in [1.29, 1.82) is 0 Å². The lowest BCUT2D eigenvalue weighted by Crippen LogP contribution is -2.32. The number of nitrogens with one attached hydrogen (secondary N) is 3. The maximum Gasteiger partial charge on any atom is 0.329 e. The van der Waals surface area contributed by atoms with Crippen molar-refractivity contribution in [2.24, 2.45) is 5.10 Å². The maximum absolute atomic E-state index is 13.6. The summed E-state index contributed by atoms with van der Waals surface area (Å²) in [6.07, 6.45) is 1.27. The van der Waals surface area contributed by atoms with Crippen LogP contribution >= 0.6 is 11.6 Å². The number of hydrazone groups is 1. The first-order valence-corrected chi connectivity index (χ1v) is 10.9. The fourth-order valence-electron chi connectivity index (χ4n) is 2.90. The Morgan fingerprint density at radius 1 is 0.972 bits per heavy atom. The van der Waals surface area contributed by atoms with Gasteiger partial charge in [-0.3, -0.25) is 14.4 Å². The van der Waals surface area contributed by atoms with E-state index in [2.05, 4.69) is 21.2 Å². The molecule has 0 radical (unpaired) electrons. The minimum absolute atomic E-state index is 0.127. The highest BCUT2D eigenvalue weighted by molar-refractivity contribution is 6.39. The van der Waals surface area contributed by atoms with Crippen molar-refractivity contribution in [3.8, 4) is 11.5 Å². The van der Waals surface area contributed by atoms with E-state index in [1.807, 2.05) is 6.92 Å². The molecule has 11 heteroatoms. The third-order valence-corrected chi connectivity index (χ3v) is 4.96. The summed E-state index contributed by atoms with van der Waals surface area (Å²) < 4.78 is 24.4. The second kappa shape index (κ2) is 12.3. The van der Waals surface area contributed by atoms with Gasteiger partial charge in [0.05, 0.1) is 19.0 Å². The van der Waals surface area contributed by atoms with Crippen LogP contribution in [0.1, 0.15) is 11.1 Å². The number of carbonyl (C=O) groups excluding carboxylic acids is 3. The molecule has 0 aliphatic rings. The SMILES string of the molecule is COc1cc(/C=N\NC(=O)C(=O)Nc2ccccc2F)ccc1OCC(=O)Nc1cc(Cl)ccc1C. The zero-order valence-electron chi connectivity index (χ0n) is 19.3. The summed E-state index contributed by atoms with van der Waals surface area (Å²) in [5.41, 5.74) is 3.87. The number of ether oxygens (including phenoxy) is 2. The van der Waals surface area contributed by atoms with Gasteiger partial charge < -0.3 is 20.1 Å². The van der Waals surface area contributed by atoms with Crippen molar-refractivity contribution in [1.82, 2.24) is 5.43 Å². The fraction of sp³-hybridized carbons (Fsp3) is 0.120. The van der Waals surface area contributed by atoms with Gasteiger partial charge in [-0.2, -0.15) is 5.10 Å². The van der Waals surface area contributed by atoms with Crippen LogP contribution in [0, 0.1) is 12.7 Å². The van der Waals surface area contributed by atoms with E-state index in [1.54, 1.807) is 36.4 Å². The maximum atomic E-state index is 13.6. The molecule has 186 valence electrons. The molecule has 9 nitrogen and oxygen atoms in total. The summed E-state index contributed by atoms with van der Waals surface area (Å²) in [5, 5.41) is 9.10. The van der Waals surface area contributed by atoms with Crippen LogP contribution in [-0.2, 0) is 14.4 Å². The van der Waals surface area contributed by atoms with Crippen LogP contribution in [-0.4, -0.2) is 37.7 Å². The van der Waals surface area contributed by atoms with Gasteiger partial charge >= 0.3 is 11.8 Å². The number of hydrogen-bond donors (Lipinski definition) is 3. The average molecular weight is 513 g/mol. The van der Waals surface area contributed by atoms with Crippen LogP contribution < -0.4 is 25.5 Å². The molecule has 3 rings (SSSR count). The molecular formula is C25H22ClFN4O5. The predicted octanol–water partition coefficient (Wildman–Crippen LogP) is 3.90. The molecule has 0 atom stereocenters. The molecule has 3 aromatic rings. The molecule has 3 amide bonds. The third kappa shape index (κ3) is 7.28. The molecule has 0 saturated heterocycles. The number of carbonyl (C=O) groups is 3. The Hall–Kier alpha value is -4.44. The molecule has 36 heavy (non-hydrogen) atoms. The Balaban J connectivity index is 1.54. The Morgan fingerprint density at radius 2 is 1.75 bits per heavy atom. The van der Waals surface area contributed by atoms with Crippen molar-refractivity contribution >= 4 is 46.9 Å². The first-order valence-electron chi connectivity index (χ1n) is 10.5. The summed E-state index contributed by atoms with van der Waals surface area (Å²) in [6, 6.07) is 15.3. The summed E-state index contributed by atoms with van der Waals surface area (Å²) in [7, 11) is 1.42. The van der Waals surface area contributed by atoms with Crippen LogP contribution in [0.5, 0.6) is 11.5 Å². The van der Waals surface area contributed by atoms with Crippen molar-refractivity contribution in [3.05, 3.63) is 82.6 Å². The molecule has 0 aliphatic carbocycles. The summed E-state index contributed by atoms with van der Waals surface area (Å²) in [5.74, 6) is -2.60. The number of nitrogens with zero attached hydrogens (tertiary/aromatic N) is 1. The molecule has 0 spiro atoms. The molecule has 3 N–H and O–H groups in total. The molecule has 0 bridgehead atoms. The van der Waals surface area contributed by atoms with Gasteiger partial charge in [-0.25, -0.2) is 9.82 Å². The first kappa shape index (κ1) is 26.2. The van der Waals surface area contributed by atoms with E-state index >= 15 is 0 Å². The average Bonchev–Trinajstić information content (AvgIpc) is 2.86. The van der Waals surface area contributed by atoms with Gasteiger partial charge in [-0.1, -0.05) is 29.8 Å². The fourth-order valence-corrected chi connectivity index (χ4v) is 3.07. The number of amides is 3. The van der Waals surface area contributed by atoms with Crippen LogP contribution in [0.4, 0.5) is 15.8 Å². The molecule has 0 aliphatic heterocycles. The normalized spacial score (nSPS) is 10.6. The van der Waals surface area contributed by atoms with E-state index in [-0.39, 0.29) is 18.2 Å². The Bertz CT molecular complexity index is 1320. The number of methoxy groups -OCH3 is 1. The van der Waals surface area contributed by atoms with E-state index in [0.717, 1.165) is 11.6 Å². The van der Waals surface area contributed by atoms with Crippen LogP contribution in [0.15, 0.2) is 65.8 Å². The van der Waals surface area contributed by atoms with Gasteiger partial charge in [0.25, 0.3) is 5.91 Å². The zero-order chi connectivity index (χ0) is 26.1. The first-order chi connectivity index (χ1) is 17.3. The largest absolute Gasteiger partial charge is 0.493 e. The highest BCUT2D eigenvalue weighted by atomic mass is 35.5. The van der Waals surface area contributed by atoms with E-state index in [9.17, 15) is 18.8 Å². The topological polar surface area (TPSA) is 118 Å². The van der Waals surface area contributed by atoms with Gasteiger partial charge in [0.1, 0.15) is 5.82 Å². The van der Waals surface area contributed by atoms with Crippen LogP contribution in [0.3, 0.4) is 0 Å².